The summed E-state index contributed by atoms with van der Waals surface area (Å²) in [6, 6.07) is 15.4. The number of hydrogen-bond acceptors (Lipinski definition) is 6. The van der Waals surface area contributed by atoms with Crippen molar-refractivity contribution in [1.29, 1.82) is 0 Å². The number of carbonyl (C=O) groups excluding carboxylic acids is 1. The van der Waals surface area contributed by atoms with Gasteiger partial charge in [-0.1, -0.05) is 29.8 Å². The normalized spacial score (nSPS) is 10.9. The standard InChI is InChI=1S/C26H27N3O4S/c1-18-4-6-19(7-5-18)22-16-34-25-24(22)26(31)29(17-27-25)13-12-23(30)28(2)14-15-33-21-10-8-20(32-3)9-11-21/h4-11,16-17H,12-15H2,1-3H3. The van der Waals surface area contributed by atoms with E-state index in [0.717, 1.165) is 22.4 Å². The summed E-state index contributed by atoms with van der Waals surface area (Å²) in [5.74, 6) is 1.41. The largest absolute Gasteiger partial charge is 0.497 e. The molecule has 0 atom stereocenters. The van der Waals surface area contributed by atoms with Crippen LogP contribution in [0.4, 0.5) is 0 Å². The van der Waals surface area contributed by atoms with E-state index in [4.69, 9.17) is 9.47 Å². The fourth-order valence-corrected chi connectivity index (χ4v) is 4.48. The number of fused-ring (bicyclic) bond motifs is 1. The van der Waals surface area contributed by atoms with Gasteiger partial charge in [-0.2, -0.15) is 0 Å². The number of aromatic nitrogens is 2. The van der Waals surface area contributed by atoms with Gasteiger partial charge in [0, 0.05) is 31.0 Å². The third kappa shape index (κ3) is 5.28. The lowest BCUT2D eigenvalue weighted by atomic mass is 10.1. The lowest BCUT2D eigenvalue weighted by Gasteiger charge is -2.18. The summed E-state index contributed by atoms with van der Waals surface area (Å²) in [6.07, 6.45) is 1.73. The Kier molecular flexibility index (Phi) is 7.27. The van der Waals surface area contributed by atoms with Gasteiger partial charge in [-0.25, -0.2) is 4.98 Å². The molecule has 0 spiro atoms. The number of nitrogens with zero attached hydrogens (tertiary/aromatic N) is 3. The smallest absolute Gasteiger partial charge is 0.262 e. The van der Waals surface area contributed by atoms with Crippen LogP contribution in [-0.4, -0.2) is 47.7 Å². The van der Waals surface area contributed by atoms with E-state index in [1.165, 1.54) is 22.2 Å². The molecule has 34 heavy (non-hydrogen) atoms. The van der Waals surface area contributed by atoms with E-state index in [2.05, 4.69) is 4.98 Å². The Morgan fingerprint density at radius 2 is 1.79 bits per heavy atom. The van der Waals surface area contributed by atoms with Gasteiger partial charge in [-0.05, 0) is 36.8 Å². The first-order chi connectivity index (χ1) is 16.5. The Bertz CT molecular complexity index is 1330. The van der Waals surface area contributed by atoms with Gasteiger partial charge in [0.1, 0.15) is 22.9 Å². The number of methoxy groups -OCH3 is 1. The average molecular weight is 478 g/mol. The molecule has 2 aromatic heterocycles. The highest BCUT2D eigenvalue weighted by Gasteiger charge is 2.15. The molecule has 0 aliphatic rings. The number of thiophene rings is 1. The molecular weight excluding hydrogens is 450 g/mol. The quantitative estimate of drug-likeness (QED) is 0.358. The molecule has 4 rings (SSSR count). The minimum atomic E-state index is -0.125. The van der Waals surface area contributed by atoms with Crippen molar-refractivity contribution in [1.82, 2.24) is 14.5 Å². The first-order valence-electron chi connectivity index (χ1n) is 11.0. The Morgan fingerprint density at radius 3 is 2.50 bits per heavy atom. The molecule has 0 N–H and O–H groups in total. The molecule has 0 bridgehead atoms. The molecule has 8 heteroatoms. The lowest BCUT2D eigenvalue weighted by molar-refractivity contribution is -0.130. The second-order valence-electron chi connectivity index (χ2n) is 8.03. The monoisotopic (exact) mass is 477 g/mol. The van der Waals surface area contributed by atoms with Crippen molar-refractivity contribution in [3.63, 3.8) is 0 Å². The topological polar surface area (TPSA) is 73.7 Å². The van der Waals surface area contributed by atoms with Crippen LogP contribution in [0, 0.1) is 6.92 Å². The number of benzene rings is 2. The van der Waals surface area contributed by atoms with Crippen molar-refractivity contribution in [2.75, 3.05) is 27.3 Å². The van der Waals surface area contributed by atoms with Crippen molar-refractivity contribution in [3.8, 4) is 22.6 Å². The van der Waals surface area contributed by atoms with Gasteiger partial charge >= 0.3 is 0 Å². The first kappa shape index (κ1) is 23.5. The first-order valence-corrected chi connectivity index (χ1v) is 11.9. The predicted molar refractivity (Wildman–Crippen MR) is 135 cm³/mol. The number of hydrogen-bond donors (Lipinski definition) is 0. The van der Waals surface area contributed by atoms with Gasteiger partial charge in [0.2, 0.25) is 5.91 Å². The van der Waals surface area contributed by atoms with Crippen LogP contribution in [-0.2, 0) is 11.3 Å². The van der Waals surface area contributed by atoms with Crippen LogP contribution >= 0.6 is 11.3 Å². The van der Waals surface area contributed by atoms with E-state index in [9.17, 15) is 9.59 Å². The zero-order chi connectivity index (χ0) is 24.1. The van der Waals surface area contributed by atoms with Gasteiger partial charge in [0.05, 0.1) is 25.4 Å². The van der Waals surface area contributed by atoms with Crippen molar-refractivity contribution >= 4 is 27.5 Å². The molecule has 1 amide bonds. The van der Waals surface area contributed by atoms with Gasteiger partial charge < -0.3 is 14.4 Å². The maximum Gasteiger partial charge on any atom is 0.262 e. The minimum absolute atomic E-state index is 0.0607. The average Bonchev–Trinajstić information content (AvgIpc) is 3.29. The number of ether oxygens (including phenoxy) is 2. The molecule has 0 fully saturated rings. The van der Waals surface area contributed by atoms with Crippen LogP contribution < -0.4 is 15.0 Å². The Hall–Kier alpha value is -3.65. The Morgan fingerprint density at radius 1 is 1.09 bits per heavy atom. The highest BCUT2D eigenvalue weighted by atomic mass is 32.1. The minimum Gasteiger partial charge on any atom is -0.497 e. The van der Waals surface area contributed by atoms with Gasteiger partial charge in [-0.15, -0.1) is 11.3 Å². The molecule has 4 aromatic rings. The van der Waals surface area contributed by atoms with Crippen LogP contribution in [0.15, 0.2) is 65.0 Å². The number of aryl methyl sites for hydroxylation is 2. The van der Waals surface area contributed by atoms with E-state index >= 15 is 0 Å². The summed E-state index contributed by atoms with van der Waals surface area (Å²) < 4.78 is 12.3. The van der Waals surface area contributed by atoms with Crippen LogP contribution in [0.5, 0.6) is 11.5 Å². The van der Waals surface area contributed by atoms with E-state index < -0.39 is 0 Å². The fourth-order valence-electron chi connectivity index (χ4n) is 3.58. The van der Waals surface area contributed by atoms with Crippen LogP contribution in [0.1, 0.15) is 12.0 Å². The molecule has 0 aliphatic heterocycles. The van der Waals surface area contributed by atoms with Crippen molar-refractivity contribution in [3.05, 3.63) is 76.2 Å². The Labute approximate surface area is 202 Å². The molecule has 0 radical (unpaired) electrons. The Balaban J connectivity index is 1.37. The van der Waals surface area contributed by atoms with Crippen molar-refractivity contribution in [2.24, 2.45) is 0 Å². The van der Waals surface area contributed by atoms with E-state index in [1.54, 1.807) is 19.1 Å². The molecule has 0 aliphatic carbocycles. The summed E-state index contributed by atoms with van der Waals surface area (Å²) in [5.41, 5.74) is 2.91. The van der Waals surface area contributed by atoms with Gasteiger partial charge in [-0.3, -0.25) is 14.2 Å². The maximum atomic E-state index is 13.2. The highest BCUT2D eigenvalue weighted by Crippen LogP contribution is 2.30. The third-order valence-electron chi connectivity index (χ3n) is 5.67. The van der Waals surface area contributed by atoms with Crippen LogP contribution in [0.3, 0.4) is 0 Å². The summed E-state index contributed by atoms with van der Waals surface area (Å²) >= 11 is 1.45. The molecule has 2 heterocycles. The fraction of sp³-hybridized carbons (Fsp3) is 0.269. The summed E-state index contributed by atoms with van der Waals surface area (Å²) in [6.45, 7) is 3.12. The van der Waals surface area contributed by atoms with Gasteiger partial charge in [0.25, 0.3) is 5.56 Å². The SMILES string of the molecule is COc1ccc(OCCN(C)C(=O)CCn2cnc3scc(-c4ccc(C)cc4)c3c2=O)cc1. The van der Waals surface area contributed by atoms with Gasteiger partial charge in [0.15, 0.2) is 0 Å². The third-order valence-corrected chi connectivity index (χ3v) is 6.56. The molecule has 0 unspecified atom stereocenters. The maximum absolute atomic E-state index is 13.2. The summed E-state index contributed by atoms with van der Waals surface area (Å²) in [7, 11) is 3.35. The zero-order valence-electron chi connectivity index (χ0n) is 19.5. The highest BCUT2D eigenvalue weighted by molar-refractivity contribution is 7.17. The van der Waals surface area contributed by atoms with Crippen LogP contribution in [0.25, 0.3) is 21.3 Å². The molecule has 0 saturated carbocycles. The predicted octanol–water partition coefficient (Wildman–Crippen LogP) is 4.37. The van der Waals surface area contributed by atoms with E-state index in [-0.39, 0.29) is 24.4 Å². The second-order valence-corrected chi connectivity index (χ2v) is 8.89. The van der Waals surface area contributed by atoms with E-state index in [0.29, 0.717) is 29.1 Å². The number of amides is 1. The zero-order valence-corrected chi connectivity index (χ0v) is 20.3. The number of rotatable bonds is 9. The van der Waals surface area contributed by atoms with E-state index in [1.807, 2.05) is 60.8 Å². The number of likely N-dealkylation sites (N-methyl/N-ethyl adjacent to an activating group) is 1. The second kappa shape index (κ2) is 10.5. The lowest BCUT2D eigenvalue weighted by Crippen LogP contribution is -2.32. The molecule has 176 valence electrons. The molecule has 0 saturated heterocycles. The number of carbonyl (C=O) groups is 1. The van der Waals surface area contributed by atoms with Crippen molar-refractivity contribution in [2.45, 2.75) is 19.9 Å². The molecule has 7 nitrogen and oxygen atoms in total. The van der Waals surface area contributed by atoms with Crippen LogP contribution in [0.2, 0.25) is 0 Å². The molecular formula is C26H27N3O4S. The molecule has 2 aromatic carbocycles. The summed E-state index contributed by atoms with van der Waals surface area (Å²) in [4.78, 5) is 32.6. The summed E-state index contributed by atoms with van der Waals surface area (Å²) in [5, 5.41) is 2.57. The van der Waals surface area contributed by atoms with Crippen molar-refractivity contribution < 1.29 is 14.3 Å².